The minimum atomic E-state index is -3.61. The predicted molar refractivity (Wildman–Crippen MR) is 102 cm³/mol. The van der Waals surface area contributed by atoms with E-state index in [0.717, 1.165) is 12.8 Å². The van der Waals surface area contributed by atoms with E-state index >= 15 is 0 Å². The number of carbonyl (C=O) groups excluding carboxylic acids is 2. The van der Waals surface area contributed by atoms with E-state index in [1.807, 2.05) is 0 Å². The van der Waals surface area contributed by atoms with E-state index in [1.54, 1.807) is 13.8 Å². The van der Waals surface area contributed by atoms with Gasteiger partial charge in [0.05, 0.1) is 16.5 Å². The number of ether oxygens (including phenoxy) is 1. The van der Waals surface area contributed by atoms with Gasteiger partial charge in [0.25, 0.3) is 5.91 Å². The maximum atomic E-state index is 12.4. The van der Waals surface area contributed by atoms with E-state index in [-0.39, 0.29) is 10.5 Å². The Hall–Kier alpha value is -2.44. The Morgan fingerprint density at radius 3 is 2.25 bits per heavy atom. The van der Waals surface area contributed by atoms with Gasteiger partial charge in [-0.15, -0.1) is 0 Å². The molecule has 0 saturated heterocycles. The summed E-state index contributed by atoms with van der Waals surface area (Å²) in [4.78, 5) is 24.2. The lowest BCUT2D eigenvalue weighted by molar-refractivity contribution is -0.125. The highest BCUT2D eigenvalue weighted by Gasteiger charge is 2.35. The number of sulfonamides is 1. The molecule has 8 nitrogen and oxygen atoms in total. The third-order valence-corrected chi connectivity index (χ3v) is 6.88. The van der Waals surface area contributed by atoms with E-state index in [9.17, 15) is 23.3 Å². The zero-order valence-electron chi connectivity index (χ0n) is 16.1. The molecule has 1 amide bonds. The summed E-state index contributed by atoms with van der Waals surface area (Å²) < 4.78 is 31.2. The monoisotopic (exact) mass is 407 g/mol. The topological polar surface area (TPSA) is 117 Å². The Morgan fingerprint density at radius 1 is 1.18 bits per heavy atom. The minimum absolute atomic E-state index is 0.0858. The average Bonchev–Trinajstić information content (AvgIpc) is 3.16. The van der Waals surface area contributed by atoms with Gasteiger partial charge in [0.1, 0.15) is 5.54 Å². The van der Waals surface area contributed by atoms with Gasteiger partial charge >= 0.3 is 5.97 Å². The summed E-state index contributed by atoms with van der Waals surface area (Å²) in [7, 11) is -3.61. The van der Waals surface area contributed by atoms with Crippen molar-refractivity contribution < 1.29 is 22.7 Å². The number of hydrogen-bond donors (Lipinski definition) is 1. The molecule has 1 fully saturated rings. The van der Waals surface area contributed by atoms with Crippen molar-refractivity contribution in [3.8, 4) is 6.07 Å². The molecule has 0 bridgehead atoms. The minimum Gasteiger partial charge on any atom is -0.452 e. The maximum absolute atomic E-state index is 12.4. The molecular weight excluding hydrogens is 382 g/mol. The molecular formula is C19H25N3O5S. The van der Waals surface area contributed by atoms with Crippen LogP contribution in [0.1, 0.15) is 49.9 Å². The molecule has 1 aromatic rings. The van der Waals surface area contributed by atoms with Crippen LogP contribution in [-0.2, 0) is 19.6 Å². The van der Waals surface area contributed by atoms with E-state index in [0.29, 0.717) is 25.9 Å². The second-order valence-corrected chi connectivity index (χ2v) is 8.58. The first-order valence-electron chi connectivity index (χ1n) is 9.27. The highest BCUT2D eigenvalue weighted by molar-refractivity contribution is 7.89. The van der Waals surface area contributed by atoms with Crippen LogP contribution in [0.5, 0.6) is 0 Å². The summed E-state index contributed by atoms with van der Waals surface area (Å²) in [5.74, 6) is -1.27. The van der Waals surface area contributed by atoms with Crippen molar-refractivity contribution in [3.05, 3.63) is 29.8 Å². The quantitative estimate of drug-likeness (QED) is 0.657. The number of benzene rings is 1. The Bertz CT molecular complexity index is 849. The number of rotatable bonds is 8. The van der Waals surface area contributed by atoms with Gasteiger partial charge in [-0.2, -0.15) is 9.57 Å². The molecule has 1 aliphatic carbocycles. The lowest BCUT2D eigenvalue weighted by Gasteiger charge is -2.21. The van der Waals surface area contributed by atoms with E-state index in [1.165, 1.54) is 28.6 Å². The fourth-order valence-electron chi connectivity index (χ4n) is 3.24. The molecule has 0 unspecified atom stereocenters. The number of nitrogens with one attached hydrogen (secondary N) is 1. The fourth-order valence-corrected chi connectivity index (χ4v) is 4.69. The lowest BCUT2D eigenvalue weighted by atomic mass is 10.00. The van der Waals surface area contributed by atoms with Crippen molar-refractivity contribution in [2.45, 2.75) is 50.0 Å². The van der Waals surface area contributed by atoms with E-state index < -0.39 is 34.0 Å². The zero-order chi connectivity index (χ0) is 20.8. The first-order chi connectivity index (χ1) is 13.3. The second-order valence-electron chi connectivity index (χ2n) is 6.64. The van der Waals surface area contributed by atoms with Crippen LogP contribution in [0, 0.1) is 11.3 Å². The second kappa shape index (κ2) is 9.17. The smallest absolute Gasteiger partial charge is 0.338 e. The van der Waals surface area contributed by atoms with Crippen LogP contribution in [0.4, 0.5) is 0 Å². The van der Waals surface area contributed by atoms with Crippen molar-refractivity contribution in [3.63, 3.8) is 0 Å². The van der Waals surface area contributed by atoms with Crippen molar-refractivity contribution in [2.24, 2.45) is 0 Å². The van der Waals surface area contributed by atoms with Gasteiger partial charge in [-0.1, -0.05) is 13.8 Å². The van der Waals surface area contributed by atoms with E-state index in [4.69, 9.17) is 4.74 Å². The van der Waals surface area contributed by atoms with Gasteiger partial charge in [0.15, 0.2) is 6.61 Å². The van der Waals surface area contributed by atoms with Gasteiger partial charge in [-0.3, -0.25) is 4.79 Å². The van der Waals surface area contributed by atoms with Gasteiger partial charge < -0.3 is 10.1 Å². The average molecular weight is 407 g/mol. The summed E-state index contributed by atoms with van der Waals surface area (Å²) in [6.07, 6.45) is 2.92. The standard InChI is InChI=1S/C19H25N3O5S/c1-3-22(4-2)28(25,26)16-9-7-15(8-10-16)18(24)27-13-17(23)21-19(14-20)11-5-6-12-19/h7-10H,3-6,11-13H2,1-2H3,(H,21,23). The van der Waals surface area contributed by atoms with Gasteiger partial charge in [-0.05, 0) is 49.9 Å². The first kappa shape index (κ1) is 21.9. The highest BCUT2D eigenvalue weighted by atomic mass is 32.2. The van der Waals surface area contributed by atoms with Gasteiger partial charge in [-0.25, -0.2) is 13.2 Å². The molecule has 0 atom stereocenters. The molecule has 1 saturated carbocycles. The van der Waals surface area contributed by atoms with Crippen LogP contribution in [0.2, 0.25) is 0 Å². The van der Waals surface area contributed by atoms with Gasteiger partial charge in [0.2, 0.25) is 10.0 Å². The molecule has 1 aromatic carbocycles. The summed E-state index contributed by atoms with van der Waals surface area (Å²) in [5, 5.41) is 11.9. The van der Waals surface area contributed by atoms with Crippen molar-refractivity contribution in [1.82, 2.24) is 9.62 Å². The molecule has 1 aliphatic rings. The largest absolute Gasteiger partial charge is 0.452 e. The van der Waals surface area contributed by atoms with Crippen LogP contribution in [-0.4, -0.2) is 49.8 Å². The number of hydrogen-bond acceptors (Lipinski definition) is 6. The first-order valence-corrected chi connectivity index (χ1v) is 10.7. The molecule has 28 heavy (non-hydrogen) atoms. The molecule has 1 N–H and O–H groups in total. The molecule has 2 rings (SSSR count). The highest BCUT2D eigenvalue weighted by Crippen LogP contribution is 2.28. The normalized spacial score (nSPS) is 15.8. The van der Waals surface area contributed by atoms with Crippen LogP contribution >= 0.6 is 0 Å². The number of nitrogens with zero attached hydrogens (tertiary/aromatic N) is 2. The van der Waals surface area contributed by atoms with Crippen LogP contribution in [0.25, 0.3) is 0 Å². The third kappa shape index (κ3) is 4.88. The SMILES string of the molecule is CCN(CC)S(=O)(=O)c1ccc(C(=O)OCC(=O)NC2(C#N)CCCC2)cc1. The molecule has 0 spiro atoms. The van der Waals surface area contributed by atoms with Gasteiger partial charge in [0, 0.05) is 13.1 Å². The van der Waals surface area contributed by atoms with Crippen molar-refractivity contribution in [1.29, 1.82) is 5.26 Å². The number of esters is 1. The zero-order valence-corrected chi connectivity index (χ0v) is 16.9. The number of carbonyl (C=O) groups is 2. The van der Waals surface area contributed by atoms with Crippen molar-refractivity contribution >= 4 is 21.9 Å². The molecule has 0 aromatic heterocycles. The molecule has 152 valence electrons. The Morgan fingerprint density at radius 2 is 1.75 bits per heavy atom. The number of nitriles is 1. The maximum Gasteiger partial charge on any atom is 0.338 e. The lowest BCUT2D eigenvalue weighted by Crippen LogP contribution is -2.46. The molecule has 9 heteroatoms. The van der Waals surface area contributed by atoms with E-state index in [2.05, 4.69) is 11.4 Å². The summed E-state index contributed by atoms with van der Waals surface area (Å²) in [6.45, 7) is 3.70. The van der Waals surface area contributed by atoms with Crippen LogP contribution in [0.15, 0.2) is 29.2 Å². The van der Waals surface area contributed by atoms with Crippen LogP contribution < -0.4 is 5.32 Å². The third-order valence-electron chi connectivity index (χ3n) is 4.82. The molecule has 0 heterocycles. The summed E-state index contributed by atoms with van der Waals surface area (Å²) >= 11 is 0. The Labute approximate surface area is 165 Å². The number of amides is 1. The Kier molecular flexibility index (Phi) is 7.16. The predicted octanol–water partition coefficient (Wildman–Crippen LogP) is 1.83. The van der Waals surface area contributed by atoms with Crippen molar-refractivity contribution in [2.75, 3.05) is 19.7 Å². The summed E-state index contributed by atoms with van der Waals surface area (Å²) in [5.41, 5.74) is -0.730. The fraction of sp³-hybridized carbons (Fsp3) is 0.526. The Balaban J connectivity index is 1.96. The van der Waals surface area contributed by atoms with Crippen LogP contribution in [0.3, 0.4) is 0 Å². The molecule has 0 radical (unpaired) electrons. The molecule has 0 aliphatic heterocycles. The summed E-state index contributed by atoms with van der Waals surface area (Å²) in [6, 6.07) is 7.52.